The van der Waals surface area contributed by atoms with Gasteiger partial charge in [-0.05, 0) is 61.8 Å². The Labute approximate surface area is 168 Å². The van der Waals surface area contributed by atoms with Gasteiger partial charge in [0.1, 0.15) is 0 Å². The zero-order valence-corrected chi connectivity index (χ0v) is 16.3. The number of carbonyl (C=O) groups is 2. The number of amides is 2. The van der Waals surface area contributed by atoms with Crippen molar-refractivity contribution in [3.8, 4) is 0 Å². The molecule has 4 saturated carbocycles. The summed E-state index contributed by atoms with van der Waals surface area (Å²) in [4.78, 5) is 25.0. The minimum atomic E-state index is -4.58. The standard InChI is InChI=1S/C22H27F3N2O2/c23-22(24,25)19(17-4-2-1-3-5-17)27-18(28)6-7-26-20(29)21-11-14-8-15(12-21)10-16(9-14)13-21/h1-5,14-16,19H,6-13H2,(H,26,29)(H,27,28). The molecule has 4 nitrogen and oxygen atoms in total. The van der Waals surface area contributed by atoms with Crippen molar-refractivity contribution in [3.05, 3.63) is 35.9 Å². The van der Waals surface area contributed by atoms with Gasteiger partial charge in [-0.15, -0.1) is 0 Å². The van der Waals surface area contributed by atoms with Gasteiger partial charge in [0.2, 0.25) is 11.8 Å². The summed E-state index contributed by atoms with van der Waals surface area (Å²) in [6, 6.07) is 5.27. The average Bonchev–Trinajstić information content (AvgIpc) is 2.65. The van der Waals surface area contributed by atoms with Gasteiger partial charge in [-0.1, -0.05) is 30.3 Å². The predicted molar refractivity (Wildman–Crippen MR) is 102 cm³/mol. The number of alkyl halides is 3. The first kappa shape index (κ1) is 20.2. The first-order valence-corrected chi connectivity index (χ1v) is 10.4. The van der Waals surface area contributed by atoms with E-state index in [9.17, 15) is 22.8 Å². The summed E-state index contributed by atoms with van der Waals surface area (Å²) >= 11 is 0. The van der Waals surface area contributed by atoms with E-state index >= 15 is 0 Å². The number of halogens is 3. The molecule has 1 aromatic rings. The Hall–Kier alpha value is -2.05. The molecule has 0 aliphatic heterocycles. The van der Waals surface area contributed by atoms with E-state index in [1.54, 1.807) is 6.07 Å². The van der Waals surface area contributed by atoms with E-state index < -0.39 is 18.1 Å². The van der Waals surface area contributed by atoms with Gasteiger partial charge in [0.15, 0.2) is 6.04 Å². The summed E-state index contributed by atoms with van der Waals surface area (Å²) < 4.78 is 40.1. The second kappa shape index (κ2) is 7.65. The molecule has 1 atom stereocenters. The largest absolute Gasteiger partial charge is 0.412 e. The summed E-state index contributed by atoms with van der Waals surface area (Å²) in [7, 11) is 0. The molecule has 29 heavy (non-hydrogen) atoms. The lowest BCUT2D eigenvalue weighted by atomic mass is 9.49. The Balaban J connectivity index is 1.30. The molecule has 2 amide bonds. The molecule has 4 fully saturated rings. The van der Waals surface area contributed by atoms with Crippen LogP contribution >= 0.6 is 0 Å². The zero-order valence-electron chi connectivity index (χ0n) is 16.3. The number of nitrogens with one attached hydrogen (secondary N) is 2. The van der Waals surface area contributed by atoms with Crippen LogP contribution in [0.2, 0.25) is 0 Å². The summed E-state index contributed by atoms with van der Waals surface area (Å²) in [5.41, 5.74) is -0.324. The van der Waals surface area contributed by atoms with E-state index in [1.807, 2.05) is 0 Å². The van der Waals surface area contributed by atoms with Gasteiger partial charge >= 0.3 is 6.18 Å². The van der Waals surface area contributed by atoms with Crippen LogP contribution in [0, 0.1) is 23.2 Å². The monoisotopic (exact) mass is 408 g/mol. The van der Waals surface area contributed by atoms with Crippen molar-refractivity contribution in [1.29, 1.82) is 0 Å². The van der Waals surface area contributed by atoms with E-state index in [0.717, 1.165) is 19.3 Å². The zero-order chi connectivity index (χ0) is 20.6. The lowest BCUT2D eigenvalue weighted by Crippen LogP contribution is -2.53. The van der Waals surface area contributed by atoms with E-state index in [1.165, 1.54) is 43.5 Å². The summed E-state index contributed by atoms with van der Waals surface area (Å²) in [5.74, 6) is 1.16. The van der Waals surface area contributed by atoms with E-state index in [0.29, 0.717) is 17.8 Å². The van der Waals surface area contributed by atoms with Gasteiger partial charge < -0.3 is 10.6 Å². The molecular formula is C22H27F3N2O2. The van der Waals surface area contributed by atoms with Crippen LogP contribution in [0.3, 0.4) is 0 Å². The van der Waals surface area contributed by atoms with E-state index in [2.05, 4.69) is 10.6 Å². The SMILES string of the molecule is O=C(CCNC(=O)C12CC3CC(CC(C3)C1)C2)NC(c1ccccc1)C(F)(F)F. The molecule has 158 valence electrons. The maximum absolute atomic E-state index is 13.4. The fourth-order valence-corrected chi connectivity index (χ4v) is 6.10. The molecule has 0 heterocycles. The second-order valence-corrected chi connectivity index (χ2v) is 9.16. The molecule has 5 rings (SSSR count). The predicted octanol–water partition coefficient (Wildman–Crippen LogP) is 4.13. The van der Waals surface area contributed by atoms with Crippen LogP contribution in [-0.2, 0) is 9.59 Å². The minimum absolute atomic E-state index is 0.00838. The second-order valence-electron chi connectivity index (χ2n) is 9.16. The maximum Gasteiger partial charge on any atom is 0.412 e. The van der Waals surface area contributed by atoms with Crippen LogP contribution in [0.15, 0.2) is 30.3 Å². The number of hydrogen-bond donors (Lipinski definition) is 2. The topological polar surface area (TPSA) is 58.2 Å². The molecular weight excluding hydrogens is 381 g/mol. The Morgan fingerprint density at radius 2 is 1.55 bits per heavy atom. The molecule has 4 aliphatic rings. The number of carbonyl (C=O) groups excluding carboxylic acids is 2. The Morgan fingerprint density at radius 1 is 1.00 bits per heavy atom. The van der Waals surface area contributed by atoms with Crippen molar-refractivity contribution in [1.82, 2.24) is 10.6 Å². The highest BCUT2D eigenvalue weighted by Crippen LogP contribution is 2.60. The summed E-state index contributed by atoms with van der Waals surface area (Å²) in [6.45, 7) is 0.0613. The van der Waals surface area contributed by atoms with E-state index in [4.69, 9.17) is 0 Å². The molecule has 0 aromatic heterocycles. The van der Waals surface area contributed by atoms with Crippen LogP contribution < -0.4 is 10.6 Å². The smallest absolute Gasteiger partial charge is 0.355 e. The minimum Gasteiger partial charge on any atom is -0.355 e. The van der Waals surface area contributed by atoms with Crippen LogP contribution in [0.25, 0.3) is 0 Å². The third-order valence-corrected chi connectivity index (χ3v) is 6.92. The van der Waals surface area contributed by atoms with Crippen LogP contribution in [0.1, 0.15) is 56.6 Å². The fourth-order valence-electron chi connectivity index (χ4n) is 6.10. The first-order valence-electron chi connectivity index (χ1n) is 10.4. The third kappa shape index (κ3) is 4.28. The Bertz CT molecular complexity index is 728. The van der Waals surface area contributed by atoms with Crippen molar-refractivity contribution in [3.63, 3.8) is 0 Å². The average molecular weight is 408 g/mol. The normalized spacial score (nSPS) is 31.3. The van der Waals surface area contributed by atoms with Gasteiger partial charge in [0, 0.05) is 18.4 Å². The first-order chi connectivity index (χ1) is 13.7. The Morgan fingerprint density at radius 3 is 2.07 bits per heavy atom. The van der Waals surface area contributed by atoms with Crippen molar-refractivity contribution >= 4 is 11.8 Å². The van der Waals surface area contributed by atoms with Gasteiger partial charge in [0.05, 0.1) is 0 Å². The van der Waals surface area contributed by atoms with Gasteiger partial charge in [-0.25, -0.2) is 0 Å². The van der Waals surface area contributed by atoms with Gasteiger partial charge in [-0.3, -0.25) is 9.59 Å². The highest BCUT2D eigenvalue weighted by molar-refractivity contribution is 5.84. The van der Waals surface area contributed by atoms with Crippen molar-refractivity contribution < 1.29 is 22.8 Å². The molecule has 1 unspecified atom stereocenters. The quantitative estimate of drug-likeness (QED) is 0.744. The number of benzene rings is 1. The van der Waals surface area contributed by atoms with Crippen molar-refractivity contribution in [2.75, 3.05) is 6.54 Å². The number of hydrogen-bond acceptors (Lipinski definition) is 2. The molecule has 2 N–H and O–H groups in total. The molecule has 7 heteroatoms. The highest BCUT2D eigenvalue weighted by atomic mass is 19.4. The van der Waals surface area contributed by atoms with Gasteiger partial charge in [0.25, 0.3) is 0 Å². The summed E-state index contributed by atoms with van der Waals surface area (Å²) in [6.07, 6.45) is 1.69. The maximum atomic E-state index is 13.4. The van der Waals surface area contributed by atoms with E-state index in [-0.39, 0.29) is 29.9 Å². The lowest BCUT2D eigenvalue weighted by molar-refractivity contribution is -0.163. The summed E-state index contributed by atoms with van der Waals surface area (Å²) in [5, 5.41) is 4.91. The van der Waals surface area contributed by atoms with Crippen molar-refractivity contribution in [2.24, 2.45) is 23.2 Å². The molecule has 4 aliphatic carbocycles. The van der Waals surface area contributed by atoms with Gasteiger partial charge in [-0.2, -0.15) is 13.2 Å². The molecule has 0 saturated heterocycles. The number of rotatable bonds is 6. The van der Waals surface area contributed by atoms with Crippen LogP contribution in [-0.4, -0.2) is 24.5 Å². The lowest BCUT2D eigenvalue weighted by Gasteiger charge is -2.55. The van der Waals surface area contributed by atoms with Crippen LogP contribution in [0.5, 0.6) is 0 Å². The molecule has 0 spiro atoms. The Kier molecular flexibility index (Phi) is 5.34. The molecule has 4 bridgehead atoms. The highest BCUT2D eigenvalue weighted by Gasteiger charge is 2.54. The van der Waals surface area contributed by atoms with Crippen LogP contribution in [0.4, 0.5) is 13.2 Å². The third-order valence-electron chi connectivity index (χ3n) is 6.92. The molecule has 1 aromatic carbocycles. The van der Waals surface area contributed by atoms with Crippen molar-refractivity contribution in [2.45, 2.75) is 57.2 Å². The molecule has 0 radical (unpaired) electrons. The fraction of sp³-hybridized carbons (Fsp3) is 0.636.